The lowest BCUT2D eigenvalue weighted by molar-refractivity contribution is -0.0440. The Labute approximate surface area is 128 Å². The zero-order chi connectivity index (χ0) is 15.8. The third-order valence-corrected chi connectivity index (χ3v) is 5.38. The Morgan fingerprint density at radius 3 is 2.43 bits per heavy atom. The summed E-state index contributed by atoms with van der Waals surface area (Å²) in [6.07, 6.45) is -0.377. The maximum absolute atomic E-state index is 12.6. The van der Waals surface area contributed by atoms with Crippen molar-refractivity contribution in [3.8, 4) is 0 Å². The van der Waals surface area contributed by atoms with Crippen molar-refractivity contribution in [1.29, 1.82) is 0 Å². The Morgan fingerprint density at radius 2 is 1.90 bits per heavy atom. The molecular weight excluding hydrogens is 316 g/mol. The molecule has 0 aliphatic carbocycles. The summed E-state index contributed by atoms with van der Waals surface area (Å²) in [5, 5.41) is 0.130. The molecule has 6 nitrogen and oxygen atoms in total. The molecule has 1 heterocycles. The van der Waals surface area contributed by atoms with E-state index >= 15 is 0 Å². The van der Waals surface area contributed by atoms with Crippen molar-refractivity contribution in [1.82, 2.24) is 4.31 Å². The maximum atomic E-state index is 12.6. The molecule has 2 N–H and O–H groups in total. The molecule has 1 fully saturated rings. The zero-order valence-electron chi connectivity index (χ0n) is 11.7. The van der Waals surface area contributed by atoms with Gasteiger partial charge in [0.05, 0.1) is 27.7 Å². The normalized spacial score (nSPS) is 24.0. The van der Waals surface area contributed by atoms with Crippen LogP contribution in [0.15, 0.2) is 23.1 Å². The molecule has 0 bridgehead atoms. The van der Waals surface area contributed by atoms with E-state index in [-0.39, 0.29) is 40.8 Å². The standard InChI is InChI=1S/C13H17ClN2O4S/c1-8-6-16(7-9(2)20-8)21(18,19)10-3-4-12(14)11(5-10)13(15)17/h3-5,8-9H,6-7H2,1-2H3,(H2,15,17)/t8-,9+. The molecule has 0 unspecified atom stereocenters. The highest BCUT2D eigenvalue weighted by atomic mass is 35.5. The number of nitrogens with two attached hydrogens (primary N) is 1. The first-order valence-electron chi connectivity index (χ1n) is 6.46. The topological polar surface area (TPSA) is 89.7 Å². The van der Waals surface area contributed by atoms with Gasteiger partial charge in [0.1, 0.15) is 0 Å². The summed E-state index contributed by atoms with van der Waals surface area (Å²) < 4.78 is 32.2. The predicted octanol–water partition coefficient (Wildman–Crippen LogP) is 1.24. The molecule has 1 aliphatic rings. The fourth-order valence-corrected chi connectivity index (χ4v) is 4.16. The Balaban J connectivity index is 2.40. The summed E-state index contributed by atoms with van der Waals surface area (Å²) in [6.45, 7) is 4.16. The van der Waals surface area contributed by atoms with Crippen LogP contribution >= 0.6 is 11.6 Å². The molecule has 1 aromatic rings. The number of hydrogen-bond donors (Lipinski definition) is 1. The Morgan fingerprint density at radius 1 is 1.33 bits per heavy atom. The number of halogens is 1. The number of carbonyl (C=O) groups is 1. The summed E-state index contributed by atoms with van der Waals surface area (Å²) in [6, 6.07) is 3.95. The summed E-state index contributed by atoms with van der Waals surface area (Å²) in [4.78, 5) is 11.3. The summed E-state index contributed by atoms with van der Waals surface area (Å²) in [5.74, 6) is -0.763. The smallest absolute Gasteiger partial charge is 0.250 e. The molecule has 2 rings (SSSR count). The van der Waals surface area contributed by atoms with E-state index < -0.39 is 15.9 Å². The lowest BCUT2D eigenvalue weighted by atomic mass is 10.2. The third-order valence-electron chi connectivity index (χ3n) is 3.23. The van der Waals surface area contributed by atoms with Crippen molar-refractivity contribution in [2.75, 3.05) is 13.1 Å². The molecule has 1 aliphatic heterocycles. The van der Waals surface area contributed by atoms with Gasteiger partial charge in [-0.05, 0) is 32.0 Å². The van der Waals surface area contributed by atoms with E-state index in [0.717, 1.165) is 0 Å². The molecule has 8 heteroatoms. The van der Waals surface area contributed by atoms with Crippen molar-refractivity contribution in [2.45, 2.75) is 31.0 Å². The number of carbonyl (C=O) groups excluding carboxylic acids is 1. The first-order valence-corrected chi connectivity index (χ1v) is 8.28. The average Bonchev–Trinajstić information content (AvgIpc) is 2.37. The van der Waals surface area contributed by atoms with Crippen LogP contribution in [0.1, 0.15) is 24.2 Å². The number of sulfonamides is 1. The fourth-order valence-electron chi connectivity index (χ4n) is 2.33. The van der Waals surface area contributed by atoms with Gasteiger partial charge in [-0.3, -0.25) is 4.79 Å². The van der Waals surface area contributed by atoms with Gasteiger partial charge in [0.25, 0.3) is 0 Å². The van der Waals surface area contributed by atoms with Crippen LogP contribution in [0.3, 0.4) is 0 Å². The number of hydrogen-bond acceptors (Lipinski definition) is 4. The minimum atomic E-state index is -3.71. The molecule has 0 spiro atoms. The zero-order valence-corrected chi connectivity index (χ0v) is 13.3. The molecule has 0 radical (unpaired) electrons. The second-order valence-corrected chi connectivity index (χ2v) is 7.43. The fraction of sp³-hybridized carbons (Fsp3) is 0.462. The monoisotopic (exact) mass is 332 g/mol. The second kappa shape index (κ2) is 5.92. The molecule has 1 aromatic carbocycles. The highest BCUT2D eigenvalue weighted by molar-refractivity contribution is 7.89. The van der Waals surface area contributed by atoms with Crippen molar-refractivity contribution in [3.05, 3.63) is 28.8 Å². The second-order valence-electron chi connectivity index (χ2n) is 5.09. The molecular formula is C13H17ClN2O4S. The van der Waals surface area contributed by atoms with Crippen LogP contribution in [0.4, 0.5) is 0 Å². The van der Waals surface area contributed by atoms with Crippen LogP contribution in [-0.4, -0.2) is 43.9 Å². The van der Waals surface area contributed by atoms with Crippen LogP contribution in [0, 0.1) is 0 Å². The van der Waals surface area contributed by atoms with Crippen LogP contribution in [0.25, 0.3) is 0 Å². The minimum Gasteiger partial charge on any atom is -0.373 e. The van der Waals surface area contributed by atoms with E-state index in [1.54, 1.807) is 0 Å². The molecule has 1 amide bonds. The first kappa shape index (κ1) is 16.2. The van der Waals surface area contributed by atoms with E-state index in [4.69, 9.17) is 22.1 Å². The number of primary amides is 1. The van der Waals surface area contributed by atoms with Gasteiger partial charge in [-0.15, -0.1) is 0 Å². The van der Waals surface area contributed by atoms with Crippen LogP contribution in [0.5, 0.6) is 0 Å². The van der Waals surface area contributed by atoms with E-state index in [1.807, 2.05) is 13.8 Å². The van der Waals surface area contributed by atoms with Crippen molar-refractivity contribution >= 4 is 27.5 Å². The number of amides is 1. The van der Waals surface area contributed by atoms with Gasteiger partial charge in [0, 0.05) is 13.1 Å². The van der Waals surface area contributed by atoms with Crippen LogP contribution in [-0.2, 0) is 14.8 Å². The van der Waals surface area contributed by atoms with Gasteiger partial charge in [-0.1, -0.05) is 11.6 Å². The molecule has 0 aromatic heterocycles. The van der Waals surface area contributed by atoms with Crippen LogP contribution in [0.2, 0.25) is 5.02 Å². The minimum absolute atomic E-state index is 0.00185. The predicted molar refractivity (Wildman–Crippen MR) is 78.7 cm³/mol. The SMILES string of the molecule is C[C@@H]1CN(S(=O)(=O)c2ccc(Cl)c(C(N)=O)c2)C[C@H](C)O1. The van der Waals surface area contributed by atoms with Gasteiger partial charge in [-0.25, -0.2) is 8.42 Å². The van der Waals surface area contributed by atoms with E-state index in [0.29, 0.717) is 0 Å². The largest absolute Gasteiger partial charge is 0.373 e. The van der Waals surface area contributed by atoms with E-state index in [1.165, 1.54) is 22.5 Å². The number of ether oxygens (including phenoxy) is 1. The Bertz CT molecular complexity index is 652. The summed E-state index contributed by atoms with van der Waals surface area (Å²) >= 11 is 5.84. The molecule has 0 saturated carbocycles. The number of morpholine rings is 1. The molecule has 2 atom stereocenters. The summed E-state index contributed by atoms with van der Waals surface area (Å²) in [5.41, 5.74) is 5.19. The van der Waals surface area contributed by atoms with E-state index in [2.05, 4.69) is 0 Å². The van der Waals surface area contributed by atoms with Gasteiger partial charge >= 0.3 is 0 Å². The van der Waals surface area contributed by atoms with Gasteiger partial charge in [0.2, 0.25) is 15.9 Å². The summed E-state index contributed by atoms with van der Waals surface area (Å²) in [7, 11) is -3.71. The maximum Gasteiger partial charge on any atom is 0.250 e. The highest BCUT2D eigenvalue weighted by Crippen LogP contribution is 2.25. The van der Waals surface area contributed by atoms with Crippen LogP contribution < -0.4 is 5.73 Å². The highest BCUT2D eigenvalue weighted by Gasteiger charge is 2.32. The van der Waals surface area contributed by atoms with Gasteiger partial charge in [0.15, 0.2) is 0 Å². The van der Waals surface area contributed by atoms with Gasteiger partial charge in [-0.2, -0.15) is 4.31 Å². The number of rotatable bonds is 3. The lowest BCUT2D eigenvalue weighted by Gasteiger charge is -2.34. The van der Waals surface area contributed by atoms with E-state index in [9.17, 15) is 13.2 Å². The average molecular weight is 333 g/mol. The third kappa shape index (κ3) is 3.37. The quantitative estimate of drug-likeness (QED) is 0.901. The number of nitrogens with zero attached hydrogens (tertiary/aromatic N) is 1. The molecule has 116 valence electrons. The van der Waals surface area contributed by atoms with Crippen molar-refractivity contribution in [2.24, 2.45) is 5.73 Å². The first-order chi connectivity index (χ1) is 9.71. The van der Waals surface area contributed by atoms with Gasteiger partial charge < -0.3 is 10.5 Å². The number of benzene rings is 1. The Hall–Kier alpha value is -1.15. The Kier molecular flexibility index (Phi) is 4.57. The van der Waals surface area contributed by atoms with Crippen molar-refractivity contribution < 1.29 is 17.9 Å². The lowest BCUT2D eigenvalue weighted by Crippen LogP contribution is -2.48. The van der Waals surface area contributed by atoms with Crippen molar-refractivity contribution in [3.63, 3.8) is 0 Å². The molecule has 1 saturated heterocycles. The molecule has 21 heavy (non-hydrogen) atoms.